The van der Waals surface area contributed by atoms with Crippen LogP contribution in [0.2, 0.25) is 0 Å². The Morgan fingerprint density at radius 2 is 1.23 bits per heavy atom. The van der Waals surface area contributed by atoms with Gasteiger partial charge in [0.2, 0.25) is 11.6 Å². The molecular weight excluding hydrogens is 1360 g/mol. The van der Waals surface area contributed by atoms with Gasteiger partial charge in [0.15, 0.2) is 5.71 Å². The molecular formula is C59H66AsN6O21S5+. The number of fused-ring (bicyclic) bond motifs is 6. The van der Waals surface area contributed by atoms with Crippen molar-refractivity contribution in [1.29, 1.82) is 0 Å². The van der Waals surface area contributed by atoms with Crippen LogP contribution in [0, 0.1) is 0 Å². The summed E-state index contributed by atoms with van der Waals surface area (Å²) in [6.45, 7) is 8.96. The molecule has 2 atom stereocenters. The SMILES string of the molecule is CCN1/C(=C/C=C/C=C/C2=[N+](CCCCCC(=O)N[C@@H](CCC(=O)NC(CSCC(=O)Nc3ccc([As]=O)cc3)C(=O)NCC(=O)O)C(=O)O)c3ccc4c(S(=O)(=O)O)cc(S(=O)(=O)O)cc4c3C2(C)C)C(C)(C)c2c1ccc1c(S(=O)(=O)O)cc(S(=O)(=O)O)cc21. The molecule has 5 aromatic rings. The second-order valence-electron chi connectivity index (χ2n) is 22.4. The summed E-state index contributed by atoms with van der Waals surface area (Å²) in [7, 11) is -20.1. The van der Waals surface area contributed by atoms with Crippen LogP contribution in [-0.2, 0) is 83.8 Å². The first-order chi connectivity index (χ1) is 42.9. The van der Waals surface area contributed by atoms with Crippen molar-refractivity contribution in [1.82, 2.24) is 16.0 Å². The van der Waals surface area contributed by atoms with E-state index in [4.69, 9.17) is 5.11 Å². The molecule has 0 aromatic heterocycles. The maximum absolute atomic E-state index is 13.2. The second kappa shape index (κ2) is 28.8. The van der Waals surface area contributed by atoms with Gasteiger partial charge >= 0.3 is 138 Å². The number of carbonyl (C=O) groups is 6. The Labute approximate surface area is 540 Å². The normalized spacial score (nSPS) is 15.9. The number of hydrogen-bond donors (Lipinski definition) is 10. The van der Waals surface area contributed by atoms with Gasteiger partial charge in [0.25, 0.3) is 40.5 Å². The van der Waals surface area contributed by atoms with Crippen LogP contribution in [0.1, 0.15) is 84.3 Å². The van der Waals surface area contributed by atoms with Crippen molar-refractivity contribution < 1.29 is 99.2 Å². The zero-order chi connectivity index (χ0) is 68.1. The number of carbonyl (C=O) groups excluding carboxylic acids is 4. The van der Waals surface area contributed by atoms with Crippen LogP contribution >= 0.6 is 11.8 Å². The fourth-order valence-electron chi connectivity index (χ4n) is 11.3. The Kier molecular flexibility index (Phi) is 22.5. The summed E-state index contributed by atoms with van der Waals surface area (Å²) < 4.78 is 155. The van der Waals surface area contributed by atoms with Gasteiger partial charge in [-0.25, -0.2) is 4.79 Å². The van der Waals surface area contributed by atoms with Gasteiger partial charge in [0, 0.05) is 71.1 Å². The summed E-state index contributed by atoms with van der Waals surface area (Å²) in [6.07, 6.45) is 8.57. The van der Waals surface area contributed by atoms with Crippen molar-refractivity contribution in [2.45, 2.75) is 116 Å². The molecule has 0 saturated carbocycles. The monoisotopic (exact) mass is 1430 g/mol. The molecule has 5 aromatic carbocycles. The molecule has 92 heavy (non-hydrogen) atoms. The van der Waals surface area contributed by atoms with E-state index in [-0.39, 0.29) is 52.4 Å². The second-order valence-corrected chi connectivity index (χ2v) is 30.5. The molecule has 4 amide bonds. The number of benzene rings is 5. The van der Waals surface area contributed by atoms with Crippen molar-refractivity contribution in [2.24, 2.45) is 0 Å². The summed E-state index contributed by atoms with van der Waals surface area (Å²) in [5.41, 5.74) is 1.72. The van der Waals surface area contributed by atoms with Crippen molar-refractivity contribution >= 4 is 152 Å². The molecule has 492 valence electrons. The number of carboxylic acids is 2. The number of hydrogen-bond acceptors (Lipinski definition) is 17. The first-order valence-corrected chi connectivity index (χ1v) is 36.7. The van der Waals surface area contributed by atoms with E-state index < -0.39 is 154 Å². The van der Waals surface area contributed by atoms with Crippen LogP contribution < -0.4 is 30.5 Å². The van der Waals surface area contributed by atoms with E-state index in [0.29, 0.717) is 75.5 Å². The van der Waals surface area contributed by atoms with Gasteiger partial charge in [-0.15, -0.1) is 0 Å². The Hall–Kier alpha value is -7.52. The molecule has 0 saturated heterocycles. The molecule has 0 spiro atoms. The van der Waals surface area contributed by atoms with Gasteiger partial charge < -0.3 is 20.4 Å². The Morgan fingerprint density at radius 1 is 0.652 bits per heavy atom. The van der Waals surface area contributed by atoms with Gasteiger partial charge in [-0.3, -0.25) is 32.6 Å². The number of thioether (sulfide) groups is 1. The smallest absolute Gasteiger partial charge is 0.480 e. The number of allylic oxidation sites excluding steroid dienone is 6. The van der Waals surface area contributed by atoms with E-state index >= 15 is 0 Å². The third-order valence-electron chi connectivity index (χ3n) is 15.4. The van der Waals surface area contributed by atoms with Crippen molar-refractivity contribution in [3.8, 4) is 0 Å². The summed E-state index contributed by atoms with van der Waals surface area (Å²) in [4.78, 5) is 74.3. The van der Waals surface area contributed by atoms with E-state index in [1.165, 1.54) is 12.1 Å². The van der Waals surface area contributed by atoms with E-state index in [2.05, 4.69) is 21.3 Å². The number of amides is 4. The predicted octanol–water partition coefficient (Wildman–Crippen LogP) is 4.81. The summed E-state index contributed by atoms with van der Waals surface area (Å²) in [5.74, 6) is -6.06. The summed E-state index contributed by atoms with van der Waals surface area (Å²) >= 11 is -0.316. The fourth-order valence-corrected chi connectivity index (χ4v) is 15.4. The number of aliphatic carboxylic acids is 2. The van der Waals surface area contributed by atoms with Crippen LogP contribution in [-0.4, -0.2) is 167 Å². The van der Waals surface area contributed by atoms with Crippen molar-refractivity contribution in [3.63, 3.8) is 0 Å². The molecule has 0 fully saturated rings. The molecule has 2 aliphatic heterocycles. The molecule has 33 heteroatoms. The summed E-state index contributed by atoms with van der Waals surface area (Å²) in [5, 5.41) is 29.0. The number of rotatable bonds is 29. The number of nitrogens with zero attached hydrogens (tertiary/aromatic N) is 2. The Balaban J connectivity index is 1.08. The first kappa shape index (κ1) is 71.9. The Morgan fingerprint density at radius 3 is 1.78 bits per heavy atom. The predicted molar refractivity (Wildman–Crippen MR) is 341 cm³/mol. The molecule has 7 rings (SSSR count). The zero-order valence-electron chi connectivity index (χ0n) is 49.9. The molecule has 10 N–H and O–H groups in total. The van der Waals surface area contributed by atoms with E-state index in [0.717, 1.165) is 23.9 Å². The Bertz CT molecular complexity index is 4460. The molecule has 1 unspecified atom stereocenters. The minimum atomic E-state index is -5.08. The van der Waals surface area contributed by atoms with Crippen molar-refractivity contribution in [3.05, 3.63) is 120 Å². The third-order valence-corrected chi connectivity index (χ3v) is 21.0. The average molecular weight is 1430 g/mol. The number of nitrogens with one attached hydrogen (secondary N) is 4. The molecule has 0 aliphatic carbocycles. The third kappa shape index (κ3) is 16.8. The van der Waals surface area contributed by atoms with Gasteiger partial charge in [0.05, 0.1) is 15.2 Å². The van der Waals surface area contributed by atoms with E-state index in [9.17, 15) is 89.5 Å². The quantitative estimate of drug-likeness (QED) is 0.0101. The fraction of sp³-hybridized carbons (Fsp3) is 0.339. The van der Waals surface area contributed by atoms with E-state index in [1.807, 2.05) is 30.2 Å². The number of carboxylic acid groups (broad SMARTS) is 2. The van der Waals surface area contributed by atoms with Crippen LogP contribution in [0.15, 0.2) is 128 Å². The first-order valence-electron chi connectivity index (χ1n) is 28.1. The summed E-state index contributed by atoms with van der Waals surface area (Å²) in [6, 6.07) is 13.0. The van der Waals surface area contributed by atoms with Gasteiger partial charge in [-0.2, -0.15) is 38.2 Å². The van der Waals surface area contributed by atoms with Gasteiger partial charge in [-0.1, -0.05) is 38.1 Å². The molecule has 0 radical (unpaired) electrons. The molecule has 2 aliphatic rings. The molecule has 2 heterocycles. The minimum absolute atomic E-state index is 0.0175. The number of anilines is 2. The van der Waals surface area contributed by atoms with E-state index in [1.54, 1.807) is 80.6 Å². The maximum atomic E-state index is 13.2. The minimum Gasteiger partial charge on any atom is -0.480 e. The van der Waals surface area contributed by atoms with Gasteiger partial charge in [-0.05, 0) is 98.8 Å². The average Bonchev–Trinajstić information content (AvgIpc) is 1.52. The standard InChI is InChI=1S/C59H65AsN6O21S5/c1-6-65-44-23-20-38-40(27-36(89(76,77)78)29-46(38)91(82,83)84)54(44)58(2,3)48(65)13-9-7-10-14-49-59(4,5)55-41-28-37(90(79,80)81)30-47(92(85,86)87)39(41)21-24-45(55)66(49)26-12-8-11-15-50(67)63-42(57(73)74)22-25-51(68)64-43(56(72)61-31-53(70)71)32-88-33-52(69)62-35-18-16-34(60-75)17-19-35/h7,9-10,13-14,16-21,23-24,27-30,42-43H,6,8,11-12,15,22,25-26,31-33H2,1-5H3,(H9-,61,62,63,64,67,68,69,70,71,72,73,74,75,76,77,78,79,80,81,82,83,84,85,86,87)/p+1/t42-,43?/m0/s1. The number of likely N-dealkylation sites (N-methyl/N-ethyl adjacent to an activating group) is 1. The topological polar surface area (TPSA) is 432 Å². The molecule has 0 bridgehead atoms. The van der Waals surface area contributed by atoms with Gasteiger partial charge in [0.1, 0.15) is 28.9 Å². The van der Waals surface area contributed by atoms with Crippen LogP contribution in [0.4, 0.5) is 17.1 Å². The van der Waals surface area contributed by atoms with Crippen molar-refractivity contribution in [2.75, 3.05) is 41.4 Å². The number of unbranched alkanes of at least 4 members (excludes halogenated alkanes) is 2. The van der Waals surface area contributed by atoms with Crippen LogP contribution in [0.5, 0.6) is 0 Å². The zero-order valence-corrected chi connectivity index (χ0v) is 55.9. The van der Waals surface area contributed by atoms with Crippen LogP contribution in [0.3, 0.4) is 0 Å². The van der Waals surface area contributed by atoms with Crippen LogP contribution in [0.25, 0.3) is 21.5 Å². The molecule has 27 nitrogen and oxygen atoms in total.